The maximum atomic E-state index is 12.7. The van der Waals surface area contributed by atoms with Gasteiger partial charge in [0.2, 0.25) is 0 Å². The van der Waals surface area contributed by atoms with Gasteiger partial charge >= 0.3 is 6.36 Å². The molecule has 1 aromatic heterocycles. The molecule has 0 atom stereocenters. The third-order valence-electron chi connectivity index (χ3n) is 3.51. The van der Waals surface area contributed by atoms with Crippen molar-refractivity contribution in [3.63, 3.8) is 0 Å². The van der Waals surface area contributed by atoms with Gasteiger partial charge in [-0.3, -0.25) is 9.36 Å². The molecule has 0 aliphatic carbocycles. The zero-order chi connectivity index (χ0) is 17.5. The Balaban J connectivity index is 1.96. The van der Waals surface area contributed by atoms with Gasteiger partial charge in [0.15, 0.2) is 0 Å². The molecule has 1 N–H and O–H groups in total. The van der Waals surface area contributed by atoms with Crippen LogP contribution in [0.2, 0.25) is 0 Å². The Hall–Kier alpha value is -2.96. The fraction of sp³-hybridized carbons (Fsp3) is 0.118. The van der Waals surface area contributed by atoms with Crippen LogP contribution in [0.4, 0.5) is 13.2 Å². The van der Waals surface area contributed by atoms with Crippen LogP contribution in [-0.2, 0) is 0 Å². The number of fused-ring (bicyclic) bond motifs is 1. The molecule has 0 amide bonds. The Labute approximate surface area is 134 Å². The Morgan fingerprint density at radius 2 is 1.75 bits per heavy atom. The van der Waals surface area contributed by atoms with E-state index < -0.39 is 12.1 Å². The molecule has 7 heteroatoms. The van der Waals surface area contributed by atoms with Crippen LogP contribution in [0.1, 0.15) is 16.1 Å². The summed E-state index contributed by atoms with van der Waals surface area (Å²) >= 11 is 0. The number of aromatic hydroxyl groups is 1. The fourth-order valence-electron chi connectivity index (χ4n) is 2.54. The van der Waals surface area contributed by atoms with Crippen LogP contribution in [0.15, 0.2) is 48.5 Å². The first-order valence-corrected chi connectivity index (χ1v) is 6.96. The van der Waals surface area contributed by atoms with Gasteiger partial charge in [-0.1, -0.05) is 0 Å². The van der Waals surface area contributed by atoms with Crippen molar-refractivity contribution in [2.75, 3.05) is 0 Å². The second-order valence-electron chi connectivity index (χ2n) is 5.24. The SMILES string of the molecule is Cc1cc2cc(O)ccc2n1C(=O)c1ccc(OC(F)(F)F)cc1. The average molecular weight is 335 g/mol. The molecular weight excluding hydrogens is 323 g/mol. The van der Waals surface area contributed by atoms with Crippen molar-refractivity contribution in [2.24, 2.45) is 0 Å². The molecule has 2 aromatic carbocycles. The highest BCUT2D eigenvalue weighted by atomic mass is 19.4. The number of hydrogen-bond donors (Lipinski definition) is 1. The molecular formula is C17H12F3NO3. The predicted molar refractivity (Wildman–Crippen MR) is 81.2 cm³/mol. The number of rotatable bonds is 2. The van der Waals surface area contributed by atoms with E-state index in [0.29, 0.717) is 16.6 Å². The summed E-state index contributed by atoms with van der Waals surface area (Å²) in [7, 11) is 0. The summed E-state index contributed by atoms with van der Waals surface area (Å²) in [5.74, 6) is -0.689. The summed E-state index contributed by atoms with van der Waals surface area (Å²) < 4.78 is 41.7. The average Bonchev–Trinajstić information content (AvgIpc) is 2.80. The topological polar surface area (TPSA) is 51.5 Å². The normalized spacial score (nSPS) is 11.7. The molecule has 24 heavy (non-hydrogen) atoms. The highest BCUT2D eigenvalue weighted by Crippen LogP contribution is 2.26. The number of ether oxygens (including phenoxy) is 1. The maximum Gasteiger partial charge on any atom is 0.573 e. The van der Waals surface area contributed by atoms with E-state index in [4.69, 9.17) is 0 Å². The minimum Gasteiger partial charge on any atom is -0.508 e. The number of benzene rings is 2. The molecule has 0 radical (unpaired) electrons. The number of aryl methyl sites for hydroxylation is 1. The number of alkyl halides is 3. The smallest absolute Gasteiger partial charge is 0.508 e. The lowest BCUT2D eigenvalue weighted by molar-refractivity contribution is -0.274. The van der Waals surface area contributed by atoms with Crippen LogP contribution < -0.4 is 4.74 Å². The van der Waals surface area contributed by atoms with E-state index in [2.05, 4.69) is 4.74 Å². The second kappa shape index (κ2) is 5.59. The first-order chi connectivity index (χ1) is 11.2. The van der Waals surface area contributed by atoms with Gasteiger partial charge in [-0.25, -0.2) is 0 Å². The van der Waals surface area contributed by atoms with Gasteiger partial charge in [0.05, 0.1) is 5.52 Å². The van der Waals surface area contributed by atoms with E-state index in [-0.39, 0.29) is 17.2 Å². The van der Waals surface area contributed by atoms with Gasteiger partial charge in [-0.2, -0.15) is 0 Å². The Bertz CT molecular complexity index is 911. The fourth-order valence-corrected chi connectivity index (χ4v) is 2.54. The number of halogens is 3. The molecule has 124 valence electrons. The highest BCUT2D eigenvalue weighted by molar-refractivity contribution is 6.03. The molecule has 0 aliphatic heterocycles. The first-order valence-electron chi connectivity index (χ1n) is 6.96. The van der Waals surface area contributed by atoms with Crippen LogP contribution in [0.3, 0.4) is 0 Å². The van der Waals surface area contributed by atoms with Gasteiger partial charge in [0.1, 0.15) is 11.5 Å². The number of aromatic nitrogens is 1. The van der Waals surface area contributed by atoms with Gasteiger partial charge in [0.25, 0.3) is 5.91 Å². The quantitative estimate of drug-likeness (QED) is 0.762. The van der Waals surface area contributed by atoms with Gasteiger partial charge in [-0.05, 0) is 55.5 Å². The van der Waals surface area contributed by atoms with Crippen molar-refractivity contribution in [3.05, 3.63) is 59.8 Å². The van der Waals surface area contributed by atoms with Crippen molar-refractivity contribution in [1.29, 1.82) is 0 Å². The van der Waals surface area contributed by atoms with E-state index in [0.717, 1.165) is 12.1 Å². The summed E-state index contributed by atoms with van der Waals surface area (Å²) in [5, 5.41) is 10.2. The number of hydrogen-bond acceptors (Lipinski definition) is 3. The van der Waals surface area contributed by atoms with E-state index in [9.17, 15) is 23.1 Å². The van der Waals surface area contributed by atoms with Gasteiger partial charge in [0, 0.05) is 16.6 Å². The lowest BCUT2D eigenvalue weighted by atomic mass is 10.2. The van der Waals surface area contributed by atoms with Gasteiger partial charge in [-0.15, -0.1) is 13.2 Å². The van der Waals surface area contributed by atoms with Crippen molar-refractivity contribution in [2.45, 2.75) is 13.3 Å². The lowest BCUT2D eigenvalue weighted by Crippen LogP contribution is -2.17. The van der Waals surface area contributed by atoms with E-state index >= 15 is 0 Å². The molecule has 3 aromatic rings. The van der Waals surface area contributed by atoms with Crippen LogP contribution >= 0.6 is 0 Å². The van der Waals surface area contributed by atoms with Gasteiger partial charge < -0.3 is 9.84 Å². The largest absolute Gasteiger partial charge is 0.573 e. The number of phenolic OH excluding ortho intramolecular Hbond substituents is 1. The highest BCUT2D eigenvalue weighted by Gasteiger charge is 2.31. The standard InChI is InChI=1S/C17H12F3NO3/c1-10-8-12-9-13(22)4-7-15(12)21(10)16(23)11-2-5-14(6-3-11)24-17(18,19)20/h2-9,22H,1H3. The zero-order valence-corrected chi connectivity index (χ0v) is 12.5. The number of carbonyl (C=O) groups excluding carboxylic acids is 1. The number of nitrogens with zero attached hydrogens (tertiary/aromatic N) is 1. The van der Waals surface area contributed by atoms with Crippen LogP contribution in [0.5, 0.6) is 11.5 Å². The predicted octanol–water partition coefficient (Wildman–Crippen LogP) is 4.24. The van der Waals surface area contributed by atoms with E-state index in [1.165, 1.54) is 28.8 Å². The van der Waals surface area contributed by atoms with Crippen molar-refractivity contribution >= 4 is 16.8 Å². The molecule has 0 saturated carbocycles. The lowest BCUT2D eigenvalue weighted by Gasteiger charge is -2.10. The van der Waals surface area contributed by atoms with Crippen LogP contribution in [0, 0.1) is 6.92 Å². The molecule has 3 rings (SSSR count). The number of carbonyl (C=O) groups is 1. The zero-order valence-electron chi connectivity index (χ0n) is 12.5. The Kier molecular flexibility index (Phi) is 3.71. The summed E-state index contributed by atoms with van der Waals surface area (Å²) in [6, 6.07) is 11.1. The third-order valence-corrected chi connectivity index (χ3v) is 3.51. The minimum absolute atomic E-state index is 0.0840. The molecule has 0 saturated heterocycles. The molecule has 0 unspecified atom stereocenters. The number of phenols is 1. The van der Waals surface area contributed by atoms with E-state index in [1.54, 1.807) is 19.1 Å². The third kappa shape index (κ3) is 3.05. The van der Waals surface area contributed by atoms with E-state index in [1.807, 2.05) is 0 Å². The Morgan fingerprint density at radius 3 is 2.38 bits per heavy atom. The minimum atomic E-state index is -4.78. The Morgan fingerprint density at radius 1 is 1.08 bits per heavy atom. The van der Waals surface area contributed by atoms with Crippen LogP contribution in [0.25, 0.3) is 10.9 Å². The molecule has 1 heterocycles. The summed E-state index contributed by atoms with van der Waals surface area (Å²) in [5.41, 5.74) is 1.47. The van der Waals surface area contributed by atoms with Crippen molar-refractivity contribution < 1.29 is 27.8 Å². The second-order valence-corrected chi connectivity index (χ2v) is 5.24. The van der Waals surface area contributed by atoms with Crippen LogP contribution in [-0.4, -0.2) is 21.9 Å². The monoisotopic (exact) mass is 335 g/mol. The first kappa shape index (κ1) is 15.9. The van der Waals surface area contributed by atoms with Crippen molar-refractivity contribution in [3.8, 4) is 11.5 Å². The maximum absolute atomic E-state index is 12.7. The molecule has 0 aliphatic rings. The summed E-state index contributed by atoms with van der Waals surface area (Å²) in [6.45, 7) is 1.73. The molecule has 0 bridgehead atoms. The van der Waals surface area contributed by atoms with Crippen molar-refractivity contribution in [1.82, 2.24) is 4.57 Å². The summed E-state index contributed by atoms with van der Waals surface area (Å²) in [6.07, 6.45) is -4.78. The molecule has 4 nitrogen and oxygen atoms in total. The summed E-state index contributed by atoms with van der Waals surface area (Å²) in [4.78, 5) is 12.7. The molecule has 0 fully saturated rings. The molecule has 0 spiro atoms.